The van der Waals surface area contributed by atoms with Crippen LogP contribution in [0.3, 0.4) is 0 Å². The lowest BCUT2D eigenvalue weighted by Crippen LogP contribution is -2.48. The Kier molecular flexibility index (Phi) is 8.04. The summed E-state index contributed by atoms with van der Waals surface area (Å²) in [6.07, 6.45) is 1.91. The molecule has 5 rings (SSSR count). The molecule has 0 spiro atoms. The molecule has 2 atom stereocenters. The maximum Gasteiger partial charge on any atom is 0.338 e. The molecule has 2 aliphatic heterocycles. The van der Waals surface area contributed by atoms with E-state index in [4.69, 9.17) is 32.7 Å². The van der Waals surface area contributed by atoms with Crippen LogP contribution in [0, 0.1) is 21.8 Å². The standard InChI is InChI=1S/C27H23Cl2FN4O6/c28-17-11-20(29)26(31-12-17)33-10-9-16(14-39-22-7-6-21(30)25-19(22)5-8-24(35)32-25)23(13-33)40-27(36)15-1-3-18(4-2-15)34(37)38/h1-4,6-7,11-12,16,23H,5,8-10,13-14H2,(H,32,35)/t16-,23-/m0/s1. The van der Waals surface area contributed by atoms with E-state index < -0.39 is 22.8 Å². The molecule has 0 unspecified atom stereocenters. The third-order valence-corrected chi connectivity index (χ3v) is 7.38. The lowest BCUT2D eigenvalue weighted by atomic mass is 9.94. The second kappa shape index (κ2) is 11.6. The highest BCUT2D eigenvalue weighted by molar-refractivity contribution is 6.36. The first-order valence-corrected chi connectivity index (χ1v) is 13.2. The van der Waals surface area contributed by atoms with E-state index in [1.54, 1.807) is 6.07 Å². The lowest BCUT2D eigenvalue weighted by molar-refractivity contribution is -0.384. The number of amides is 1. The van der Waals surface area contributed by atoms with Crippen molar-refractivity contribution in [2.75, 3.05) is 29.9 Å². The number of nitro benzene ring substituents is 1. The lowest BCUT2D eigenvalue weighted by Gasteiger charge is -2.38. The first-order valence-electron chi connectivity index (χ1n) is 12.4. The van der Waals surface area contributed by atoms with E-state index in [0.717, 1.165) is 0 Å². The number of carbonyl (C=O) groups excluding carboxylic acids is 2. The Labute approximate surface area is 238 Å². The minimum absolute atomic E-state index is 0.119. The molecule has 2 aromatic carbocycles. The summed E-state index contributed by atoms with van der Waals surface area (Å²) in [4.78, 5) is 41.5. The smallest absolute Gasteiger partial charge is 0.338 e. The van der Waals surface area contributed by atoms with Gasteiger partial charge in [0.2, 0.25) is 5.91 Å². The van der Waals surface area contributed by atoms with Crippen molar-refractivity contribution in [1.29, 1.82) is 0 Å². The predicted octanol–water partition coefficient (Wildman–Crippen LogP) is 5.45. The van der Waals surface area contributed by atoms with Crippen molar-refractivity contribution in [3.05, 3.63) is 85.8 Å². The van der Waals surface area contributed by atoms with Crippen LogP contribution in [-0.4, -0.2) is 47.6 Å². The molecule has 1 aromatic heterocycles. The topological polar surface area (TPSA) is 124 Å². The number of pyridine rings is 1. The molecule has 1 fully saturated rings. The van der Waals surface area contributed by atoms with E-state index in [0.29, 0.717) is 46.6 Å². The van der Waals surface area contributed by atoms with Gasteiger partial charge in [-0.25, -0.2) is 14.2 Å². The molecule has 40 heavy (non-hydrogen) atoms. The van der Waals surface area contributed by atoms with Crippen LogP contribution in [0.15, 0.2) is 48.7 Å². The number of piperidine rings is 1. The van der Waals surface area contributed by atoms with Crippen molar-refractivity contribution < 1.29 is 28.4 Å². The van der Waals surface area contributed by atoms with Gasteiger partial charge in [0.1, 0.15) is 23.5 Å². The summed E-state index contributed by atoms with van der Waals surface area (Å²) >= 11 is 12.4. The summed E-state index contributed by atoms with van der Waals surface area (Å²) in [6, 6.07) is 9.48. The molecule has 10 nitrogen and oxygen atoms in total. The molecule has 2 aliphatic rings. The molecular weight excluding hydrogens is 566 g/mol. The number of non-ortho nitro benzene ring substituents is 1. The van der Waals surface area contributed by atoms with Crippen molar-refractivity contribution in [3.63, 3.8) is 0 Å². The maximum absolute atomic E-state index is 14.3. The molecule has 1 N–H and O–H groups in total. The van der Waals surface area contributed by atoms with Crippen LogP contribution in [0.1, 0.15) is 28.8 Å². The summed E-state index contributed by atoms with van der Waals surface area (Å²) in [5, 5.41) is 14.3. The van der Waals surface area contributed by atoms with Crippen molar-refractivity contribution in [1.82, 2.24) is 4.98 Å². The van der Waals surface area contributed by atoms with E-state index in [-0.39, 0.29) is 48.3 Å². The average Bonchev–Trinajstić information content (AvgIpc) is 2.93. The summed E-state index contributed by atoms with van der Waals surface area (Å²) in [6.45, 7) is 0.935. The van der Waals surface area contributed by atoms with E-state index in [9.17, 15) is 24.1 Å². The van der Waals surface area contributed by atoms with Gasteiger partial charge in [-0.2, -0.15) is 0 Å². The van der Waals surface area contributed by atoms with Gasteiger partial charge in [-0.1, -0.05) is 23.2 Å². The molecule has 0 aliphatic carbocycles. The summed E-state index contributed by atoms with van der Waals surface area (Å²) in [7, 11) is 0. The number of halogens is 3. The van der Waals surface area contributed by atoms with Gasteiger partial charge in [-0.05, 0) is 43.2 Å². The highest BCUT2D eigenvalue weighted by Gasteiger charge is 2.35. The SMILES string of the molecule is O=C1CCc2c(OC[C@@H]3CCN(c4ncc(Cl)cc4Cl)C[C@@H]3OC(=O)c3ccc([N+](=O)[O-])cc3)ccc(F)c2N1. The zero-order valence-electron chi connectivity index (χ0n) is 20.9. The molecule has 0 saturated carbocycles. The number of aromatic nitrogens is 1. The zero-order chi connectivity index (χ0) is 28.4. The summed E-state index contributed by atoms with van der Waals surface area (Å²) in [5.74, 6) is -0.770. The van der Waals surface area contributed by atoms with Crippen LogP contribution in [0.4, 0.5) is 21.6 Å². The van der Waals surface area contributed by atoms with Gasteiger partial charge in [0.25, 0.3) is 5.69 Å². The van der Waals surface area contributed by atoms with Gasteiger partial charge in [0, 0.05) is 42.8 Å². The molecular formula is C27H23Cl2FN4O6. The van der Waals surface area contributed by atoms with Gasteiger partial charge in [0.15, 0.2) is 0 Å². The number of hydrogen-bond donors (Lipinski definition) is 1. The number of fused-ring (bicyclic) bond motifs is 1. The van der Waals surface area contributed by atoms with E-state index in [2.05, 4.69) is 10.3 Å². The van der Waals surface area contributed by atoms with Crippen molar-refractivity contribution in [2.45, 2.75) is 25.4 Å². The molecule has 3 heterocycles. The van der Waals surface area contributed by atoms with Gasteiger partial charge in [-0.15, -0.1) is 0 Å². The zero-order valence-corrected chi connectivity index (χ0v) is 22.5. The molecule has 0 bridgehead atoms. The monoisotopic (exact) mass is 588 g/mol. The Hall–Kier alpha value is -3.96. The minimum atomic E-state index is -0.666. The number of esters is 1. The van der Waals surface area contributed by atoms with Gasteiger partial charge in [-0.3, -0.25) is 14.9 Å². The van der Waals surface area contributed by atoms with Crippen LogP contribution < -0.4 is 15.0 Å². The Morgan fingerprint density at radius 3 is 2.70 bits per heavy atom. The Morgan fingerprint density at radius 2 is 1.98 bits per heavy atom. The van der Waals surface area contributed by atoms with Gasteiger partial charge >= 0.3 is 5.97 Å². The Morgan fingerprint density at radius 1 is 1.20 bits per heavy atom. The van der Waals surface area contributed by atoms with Crippen molar-refractivity contribution >= 4 is 52.3 Å². The quantitative estimate of drug-likeness (QED) is 0.219. The molecule has 1 saturated heterocycles. The Balaban J connectivity index is 1.36. The fourth-order valence-corrected chi connectivity index (χ4v) is 5.30. The first-order chi connectivity index (χ1) is 19.2. The number of nitro groups is 1. The van der Waals surface area contributed by atoms with Crippen LogP contribution in [-0.2, 0) is 16.0 Å². The fraction of sp³-hybridized carbons (Fsp3) is 0.296. The minimum Gasteiger partial charge on any atom is -0.493 e. The van der Waals surface area contributed by atoms with Crippen LogP contribution >= 0.6 is 23.2 Å². The normalized spacial score (nSPS) is 18.5. The summed E-state index contributed by atoms with van der Waals surface area (Å²) < 4.78 is 26.3. The third kappa shape index (κ3) is 5.95. The largest absolute Gasteiger partial charge is 0.493 e. The first kappa shape index (κ1) is 27.6. The molecule has 1 amide bonds. The molecule has 208 valence electrons. The highest BCUT2D eigenvalue weighted by atomic mass is 35.5. The van der Waals surface area contributed by atoms with Crippen molar-refractivity contribution in [3.8, 4) is 5.75 Å². The number of ether oxygens (including phenoxy) is 2. The average molecular weight is 589 g/mol. The molecule has 13 heteroatoms. The number of anilines is 2. The summed E-state index contributed by atoms with van der Waals surface area (Å²) in [5.41, 5.74) is 0.712. The fourth-order valence-electron chi connectivity index (χ4n) is 4.80. The van der Waals surface area contributed by atoms with Crippen LogP contribution in [0.5, 0.6) is 5.75 Å². The molecule has 3 aromatic rings. The number of rotatable bonds is 7. The second-order valence-electron chi connectivity index (χ2n) is 9.46. The molecule has 0 radical (unpaired) electrons. The number of nitrogens with zero attached hydrogens (tertiary/aromatic N) is 3. The van der Waals surface area contributed by atoms with Gasteiger partial charge < -0.3 is 19.7 Å². The van der Waals surface area contributed by atoms with E-state index >= 15 is 0 Å². The van der Waals surface area contributed by atoms with Crippen LogP contribution in [0.2, 0.25) is 10.0 Å². The maximum atomic E-state index is 14.3. The number of benzene rings is 2. The number of nitrogens with one attached hydrogen (secondary N) is 1. The Bertz CT molecular complexity index is 1470. The number of hydrogen-bond acceptors (Lipinski definition) is 8. The third-order valence-electron chi connectivity index (χ3n) is 6.89. The van der Waals surface area contributed by atoms with E-state index in [1.165, 1.54) is 42.6 Å². The van der Waals surface area contributed by atoms with Gasteiger partial charge in [0.05, 0.1) is 39.4 Å². The predicted molar refractivity (Wildman–Crippen MR) is 146 cm³/mol. The highest BCUT2D eigenvalue weighted by Crippen LogP contribution is 2.35. The number of carbonyl (C=O) groups is 2. The second-order valence-corrected chi connectivity index (χ2v) is 10.3. The van der Waals surface area contributed by atoms with E-state index in [1.807, 2.05) is 4.90 Å². The van der Waals surface area contributed by atoms with Crippen LogP contribution in [0.25, 0.3) is 0 Å². The van der Waals surface area contributed by atoms with Crippen molar-refractivity contribution in [2.24, 2.45) is 5.92 Å².